The molecule has 0 saturated heterocycles. The first-order valence-corrected chi connectivity index (χ1v) is 18.1. The van der Waals surface area contributed by atoms with E-state index in [9.17, 15) is 19.5 Å². The highest BCUT2D eigenvalue weighted by atomic mass is 16.5. The Hall–Kier alpha value is -2.17. The molecule has 248 valence electrons. The fraction of sp³-hybridized carbons (Fsp3) is 0.775. The third-order valence-electron chi connectivity index (χ3n) is 15.7. The molecule has 4 unspecified atom stereocenters. The molecule has 6 rings (SSSR count). The number of esters is 1. The number of fused-ring (bicyclic) bond motifs is 7. The number of ketones is 1. The number of aliphatic carboxylic acids is 1. The van der Waals surface area contributed by atoms with E-state index in [-0.39, 0.29) is 57.8 Å². The number of ether oxygens (including phenoxy) is 1. The fourth-order valence-corrected chi connectivity index (χ4v) is 13.3. The van der Waals surface area contributed by atoms with Gasteiger partial charge in [-0.15, -0.1) is 0 Å². The number of hydrogen-bond acceptors (Lipinski definition) is 4. The fourth-order valence-electron chi connectivity index (χ4n) is 13.3. The van der Waals surface area contributed by atoms with Gasteiger partial charge >= 0.3 is 11.9 Å². The van der Waals surface area contributed by atoms with E-state index < -0.39 is 5.97 Å². The molecule has 0 heterocycles. The lowest BCUT2D eigenvalue weighted by Crippen LogP contribution is -2.67. The molecule has 0 amide bonds. The van der Waals surface area contributed by atoms with Gasteiger partial charge in [0.15, 0.2) is 0 Å². The number of carbonyl (C=O) groups excluding carboxylic acids is 2. The number of carboxylic acids is 1. The van der Waals surface area contributed by atoms with Crippen LogP contribution in [0.4, 0.5) is 0 Å². The summed E-state index contributed by atoms with van der Waals surface area (Å²) in [5.41, 5.74) is 0.712. The third-order valence-corrected chi connectivity index (χ3v) is 15.7. The molecule has 45 heavy (non-hydrogen) atoms. The Morgan fingerprint density at radius 2 is 1.51 bits per heavy atom. The Morgan fingerprint density at radius 1 is 0.800 bits per heavy atom. The van der Waals surface area contributed by atoms with Crippen molar-refractivity contribution in [3.8, 4) is 0 Å². The SMILES string of the molecule is CC(C)[C@@H]1CC[C@]2(C(=O)CCC(=O)O)CC[C@]3(C)C(CCC4[C@@]5(C)CC[C@@H](OC(=O)c6ccccc6)C(C)(C)C5CC[C@]43C)C12. The Bertz CT molecular complexity index is 1320. The van der Waals surface area contributed by atoms with Gasteiger partial charge in [0.25, 0.3) is 0 Å². The molecule has 1 aromatic rings. The zero-order valence-electron chi connectivity index (χ0n) is 29.0. The van der Waals surface area contributed by atoms with E-state index in [0.717, 1.165) is 44.9 Å². The first-order valence-electron chi connectivity index (χ1n) is 18.1. The van der Waals surface area contributed by atoms with E-state index in [1.165, 1.54) is 19.3 Å². The zero-order chi connectivity index (χ0) is 32.6. The van der Waals surface area contributed by atoms with Gasteiger partial charge in [0.2, 0.25) is 0 Å². The zero-order valence-corrected chi connectivity index (χ0v) is 29.0. The van der Waals surface area contributed by atoms with Crippen molar-refractivity contribution in [2.75, 3.05) is 0 Å². The van der Waals surface area contributed by atoms with Crippen LogP contribution in [0.1, 0.15) is 136 Å². The van der Waals surface area contributed by atoms with Gasteiger partial charge < -0.3 is 9.84 Å². The van der Waals surface area contributed by atoms with Crippen LogP contribution in [0.25, 0.3) is 0 Å². The minimum atomic E-state index is -0.860. The van der Waals surface area contributed by atoms with Gasteiger partial charge in [-0.05, 0) is 128 Å². The molecule has 5 heteroatoms. The minimum absolute atomic E-state index is 0.0431. The normalized spacial score (nSPS) is 43.4. The van der Waals surface area contributed by atoms with Gasteiger partial charge in [0, 0.05) is 17.3 Å². The van der Waals surface area contributed by atoms with Gasteiger partial charge in [0.1, 0.15) is 11.9 Å². The summed E-state index contributed by atoms with van der Waals surface area (Å²) in [5, 5.41) is 9.42. The van der Waals surface area contributed by atoms with Crippen molar-refractivity contribution >= 4 is 17.7 Å². The number of carboxylic acid groups (broad SMARTS) is 1. The van der Waals surface area contributed by atoms with Crippen LogP contribution in [0.2, 0.25) is 0 Å². The molecule has 0 spiro atoms. The average Bonchev–Trinajstić information content (AvgIpc) is 3.39. The lowest BCUT2D eigenvalue weighted by molar-refractivity contribution is -0.247. The summed E-state index contributed by atoms with van der Waals surface area (Å²) in [6.07, 6.45) is 10.8. The number of Topliss-reactive ketones (excluding diaryl/α,β-unsaturated/α-hetero) is 1. The highest BCUT2D eigenvalue weighted by molar-refractivity contribution is 5.89. The summed E-state index contributed by atoms with van der Waals surface area (Å²) in [7, 11) is 0. The van der Waals surface area contributed by atoms with E-state index in [4.69, 9.17) is 4.74 Å². The highest BCUT2D eigenvalue weighted by Crippen LogP contribution is 2.77. The predicted octanol–water partition coefficient (Wildman–Crippen LogP) is 9.38. The van der Waals surface area contributed by atoms with Gasteiger partial charge in [0.05, 0.1) is 12.0 Å². The molecule has 0 aromatic heterocycles. The summed E-state index contributed by atoms with van der Waals surface area (Å²) in [5.74, 6) is 2.20. The lowest BCUT2D eigenvalue weighted by Gasteiger charge is -2.73. The van der Waals surface area contributed by atoms with Crippen LogP contribution >= 0.6 is 0 Å². The van der Waals surface area contributed by atoms with Crippen LogP contribution in [-0.4, -0.2) is 28.9 Å². The van der Waals surface area contributed by atoms with Crippen LogP contribution in [-0.2, 0) is 14.3 Å². The summed E-state index contributed by atoms with van der Waals surface area (Å²) in [4.78, 5) is 38.7. The molecule has 5 aliphatic rings. The quantitative estimate of drug-likeness (QED) is 0.308. The molecule has 5 aliphatic carbocycles. The number of benzene rings is 1. The monoisotopic (exact) mass is 618 g/mol. The van der Waals surface area contributed by atoms with Gasteiger partial charge in [-0.2, -0.15) is 0 Å². The minimum Gasteiger partial charge on any atom is -0.481 e. The highest BCUT2D eigenvalue weighted by Gasteiger charge is 2.72. The predicted molar refractivity (Wildman–Crippen MR) is 177 cm³/mol. The van der Waals surface area contributed by atoms with Crippen molar-refractivity contribution in [3.63, 3.8) is 0 Å². The molecule has 5 saturated carbocycles. The summed E-state index contributed by atoms with van der Waals surface area (Å²) in [6, 6.07) is 9.42. The molecular weight excluding hydrogens is 560 g/mol. The van der Waals surface area contributed by atoms with Gasteiger partial charge in [-0.1, -0.05) is 66.7 Å². The van der Waals surface area contributed by atoms with E-state index in [1.807, 2.05) is 30.3 Å². The van der Waals surface area contributed by atoms with Crippen molar-refractivity contribution in [1.82, 2.24) is 0 Å². The number of rotatable bonds is 7. The second-order valence-corrected chi connectivity index (χ2v) is 17.7. The van der Waals surface area contributed by atoms with E-state index in [2.05, 4.69) is 48.5 Å². The molecule has 5 nitrogen and oxygen atoms in total. The smallest absolute Gasteiger partial charge is 0.338 e. The number of carbonyl (C=O) groups is 3. The second kappa shape index (κ2) is 11.2. The van der Waals surface area contributed by atoms with Gasteiger partial charge in [-0.3, -0.25) is 9.59 Å². The third kappa shape index (κ3) is 4.78. The molecule has 0 radical (unpaired) electrons. The van der Waals surface area contributed by atoms with E-state index >= 15 is 0 Å². The van der Waals surface area contributed by atoms with E-state index in [0.29, 0.717) is 41.1 Å². The maximum atomic E-state index is 14.0. The first kappa shape index (κ1) is 32.8. The summed E-state index contributed by atoms with van der Waals surface area (Å²) < 4.78 is 6.30. The second-order valence-electron chi connectivity index (χ2n) is 17.7. The van der Waals surface area contributed by atoms with Crippen LogP contribution in [0.15, 0.2) is 30.3 Å². The first-order chi connectivity index (χ1) is 21.1. The molecule has 0 bridgehead atoms. The standard InChI is InChI=1S/C40H58O5/c1-25(2)27-17-22-40(31(41)15-16-33(42)43)24-23-38(6)28(34(27)40)13-14-30-37(5)20-19-32(45-35(44)26-11-9-8-10-12-26)36(3,4)29(37)18-21-39(30,38)7/h8-12,25,27-30,32,34H,13-24H2,1-7H3,(H,42,43)/t27-,28?,29?,30?,32+,34?,37-,38+,39+,40+/m0/s1. The van der Waals surface area contributed by atoms with Crippen LogP contribution in [0, 0.1) is 62.6 Å². The maximum Gasteiger partial charge on any atom is 0.338 e. The Morgan fingerprint density at radius 3 is 2.18 bits per heavy atom. The molecule has 1 N–H and O–H groups in total. The van der Waals surface area contributed by atoms with Crippen LogP contribution < -0.4 is 0 Å². The Labute approximate surface area is 271 Å². The molecule has 0 aliphatic heterocycles. The topological polar surface area (TPSA) is 80.7 Å². The largest absolute Gasteiger partial charge is 0.481 e. The van der Waals surface area contributed by atoms with Crippen molar-refractivity contribution in [1.29, 1.82) is 0 Å². The molecular formula is C40H58O5. The van der Waals surface area contributed by atoms with Crippen LogP contribution in [0.5, 0.6) is 0 Å². The van der Waals surface area contributed by atoms with Crippen molar-refractivity contribution < 1.29 is 24.2 Å². The van der Waals surface area contributed by atoms with Crippen molar-refractivity contribution in [2.24, 2.45) is 62.6 Å². The van der Waals surface area contributed by atoms with Crippen LogP contribution in [0.3, 0.4) is 0 Å². The van der Waals surface area contributed by atoms with Crippen molar-refractivity contribution in [3.05, 3.63) is 35.9 Å². The summed E-state index contributed by atoms with van der Waals surface area (Å²) >= 11 is 0. The van der Waals surface area contributed by atoms with Gasteiger partial charge in [-0.25, -0.2) is 4.79 Å². The molecule has 10 atom stereocenters. The van der Waals surface area contributed by atoms with E-state index in [1.54, 1.807) is 0 Å². The summed E-state index contributed by atoms with van der Waals surface area (Å²) in [6.45, 7) is 17.2. The average molecular weight is 619 g/mol. The lowest BCUT2D eigenvalue weighted by atomic mass is 9.32. The number of hydrogen-bond donors (Lipinski definition) is 1. The molecule has 1 aromatic carbocycles. The van der Waals surface area contributed by atoms with Crippen molar-refractivity contribution in [2.45, 2.75) is 132 Å². The molecule has 5 fully saturated rings. The Balaban J connectivity index is 1.29. The Kier molecular flexibility index (Phi) is 8.17. The maximum absolute atomic E-state index is 14.0.